The maximum atomic E-state index is 11.4. The molecule has 5 nitrogen and oxygen atoms in total. The van der Waals surface area contributed by atoms with Crippen LogP contribution >= 0.6 is 11.6 Å². The van der Waals surface area contributed by atoms with Gasteiger partial charge in [-0.3, -0.25) is 10.2 Å². The molecule has 1 aliphatic rings. The second kappa shape index (κ2) is 6.07. The molecule has 0 saturated heterocycles. The van der Waals surface area contributed by atoms with Crippen LogP contribution in [0.15, 0.2) is 47.6 Å². The molecule has 0 aliphatic carbocycles. The first kappa shape index (κ1) is 14.4. The first-order valence-electron chi connectivity index (χ1n) is 6.75. The molecular formula is C16H14ClN3O2. The molecule has 2 aromatic carbocycles. The van der Waals surface area contributed by atoms with Gasteiger partial charge >= 0.3 is 0 Å². The van der Waals surface area contributed by atoms with Crippen molar-refractivity contribution in [2.45, 2.75) is 6.92 Å². The van der Waals surface area contributed by atoms with E-state index in [9.17, 15) is 4.79 Å². The molecule has 2 aromatic rings. The van der Waals surface area contributed by atoms with Crippen LogP contribution in [0.4, 0.5) is 11.4 Å². The van der Waals surface area contributed by atoms with Gasteiger partial charge in [-0.15, -0.1) is 0 Å². The SMILES string of the molecule is C/C(=N/Nc1ccccc1Cl)c1ccc2c(c1)NC(=O)CO2. The first-order chi connectivity index (χ1) is 10.6. The molecule has 0 atom stereocenters. The number of carbonyl (C=O) groups is 1. The minimum atomic E-state index is -0.159. The molecule has 0 fully saturated rings. The number of carbonyl (C=O) groups excluding carboxylic acids is 1. The molecule has 0 radical (unpaired) electrons. The maximum absolute atomic E-state index is 11.4. The third-order valence-electron chi connectivity index (χ3n) is 3.25. The highest BCUT2D eigenvalue weighted by Crippen LogP contribution is 2.28. The molecule has 0 bridgehead atoms. The topological polar surface area (TPSA) is 62.7 Å². The van der Waals surface area contributed by atoms with Crippen LogP contribution in [0.25, 0.3) is 0 Å². The molecule has 112 valence electrons. The van der Waals surface area contributed by atoms with Crippen molar-refractivity contribution in [3.05, 3.63) is 53.1 Å². The lowest BCUT2D eigenvalue weighted by Gasteiger charge is -2.18. The summed E-state index contributed by atoms with van der Waals surface area (Å²) in [5, 5.41) is 7.70. The number of nitrogens with one attached hydrogen (secondary N) is 2. The highest BCUT2D eigenvalue weighted by Gasteiger charge is 2.16. The number of rotatable bonds is 3. The number of anilines is 2. The van der Waals surface area contributed by atoms with Gasteiger partial charge in [-0.05, 0) is 42.8 Å². The highest BCUT2D eigenvalue weighted by molar-refractivity contribution is 6.33. The van der Waals surface area contributed by atoms with Crippen LogP contribution in [0.2, 0.25) is 5.02 Å². The Morgan fingerprint density at radius 3 is 2.95 bits per heavy atom. The van der Waals surface area contributed by atoms with Crippen LogP contribution in [0.5, 0.6) is 5.75 Å². The van der Waals surface area contributed by atoms with Crippen molar-refractivity contribution < 1.29 is 9.53 Å². The molecule has 1 heterocycles. The van der Waals surface area contributed by atoms with Gasteiger partial charge in [0.1, 0.15) is 5.75 Å². The number of hydrogen-bond donors (Lipinski definition) is 2. The van der Waals surface area contributed by atoms with Crippen LogP contribution in [-0.4, -0.2) is 18.2 Å². The van der Waals surface area contributed by atoms with Gasteiger partial charge in [-0.1, -0.05) is 23.7 Å². The number of ether oxygens (including phenoxy) is 1. The Hall–Kier alpha value is -2.53. The fourth-order valence-corrected chi connectivity index (χ4v) is 2.25. The van der Waals surface area contributed by atoms with Gasteiger partial charge in [0.05, 0.1) is 22.1 Å². The summed E-state index contributed by atoms with van der Waals surface area (Å²) in [7, 11) is 0. The van der Waals surface area contributed by atoms with Crippen LogP contribution in [0.1, 0.15) is 12.5 Å². The van der Waals surface area contributed by atoms with Crippen LogP contribution in [0, 0.1) is 0 Å². The zero-order valence-electron chi connectivity index (χ0n) is 11.9. The molecule has 1 aliphatic heterocycles. The molecule has 22 heavy (non-hydrogen) atoms. The Labute approximate surface area is 132 Å². The van der Waals surface area contributed by atoms with Crippen LogP contribution < -0.4 is 15.5 Å². The van der Waals surface area contributed by atoms with Gasteiger partial charge in [0.2, 0.25) is 0 Å². The summed E-state index contributed by atoms with van der Waals surface area (Å²) >= 11 is 6.07. The van der Waals surface area contributed by atoms with Crippen molar-refractivity contribution in [1.29, 1.82) is 0 Å². The first-order valence-corrected chi connectivity index (χ1v) is 7.13. The number of benzene rings is 2. The van der Waals surface area contributed by atoms with E-state index in [1.807, 2.05) is 43.3 Å². The van der Waals surface area contributed by atoms with E-state index in [1.165, 1.54) is 0 Å². The maximum Gasteiger partial charge on any atom is 0.262 e. The molecule has 3 rings (SSSR count). The van der Waals surface area contributed by atoms with E-state index in [0.29, 0.717) is 16.5 Å². The minimum Gasteiger partial charge on any atom is -0.482 e. The average molecular weight is 316 g/mol. The molecule has 1 amide bonds. The number of para-hydroxylation sites is 1. The largest absolute Gasteiger partial charge is 0.482 e. The monoisotopic (exact) mass is 315 g/mol. The molecule has 0 unspecified atom stereocenters. The third-order valence-corrected chi connectivity index (χ3v) is 3.58. The van der Waals surface area contributed by atoms with E-state index in [4.69, 9.17) is 16.3 Å². The number of halogens is 1. The Morgan fingerprint density at radius 2 is 2.14 bits per heavy atom. The molecular weight excluding hydrogens is 302 g/mol. The van der Waals surface area contributed by atoms with E-state index in [1.54, 1.807) is 6.07 Å². The summed E-state index contributed by atoms with van der Waals surface area (Å²) in [5.41, 5.74) is 5.97. The van der Waals surface area contributed by atoms with Gasteiger partial charge in [-0.2, -0.15) is 5.10 Å². The number of hydrogen-bond acceptors (Lipinski definition) is 4. The van der Waals surface area contributed by atoms with E-state index < -0.39 is 0 Å². The number of amides is 1. The van der Waals surface area contributed by atoms with Crippen LogP contribution in [0.3, 0.4) is 0 Å². The third kappa shape index (κ3) is 3.04. The van der Waals surface area contributed by atoms with E-state index in [2.05, 4.69) is 15.8 Å². The lowest BCUT2D eigenvalue weighted by atomic mass is 10.1. The quantitative estimate of drug-likeness (QED) is 0.673. The normalized spacial score (nSPS) is 13.9. The molecule has 0 spiro atoms. The molecule has 2 N–H and O–H groups in total. The minimum absolute atomic E-state index is 0.0491. The van der Waals surface area contributed by atoms with Crippen LogP contribution in [-0.2, 0) is 4.79 Å². The summed E-state index contributed by atoms with van der Waals surface area (Å²) in [4.78, 5) is 11.4. The lowest BCUT2D eigenvalue weighted by molar-refractivity contribution is -0.118. The van der Waals surface area contributed by atoms with E-state index >= 15 is 0 Å². The van der Waals surface area contributed by atoms with Crippen molar-refractivity contribution in [2.24, 2.45) is 5.10 Å². The van der Waals surface area contributed by atoms with Crippen molar-refractivity contribution in [2.75, 3.05) is 17.3 Å². The van der Waals surface area contributed by atoms with Gasteiger partial charge in [0, 0.05) is 0 Å². The number of nitrogens with zero attached hydrogens (tertiary/aromatic N) is 1. The van der Waals surface area contributed by atoms with Crippen molar-refractivity contribution in [1.82, 2.24) is 0 Å². The number of hydrazone groups is 1. The Balaban J connectivity index is 1.81. The summed E-state index contributed by atoms with van der Waals surface area (Å²) in [6.07, 6.45) is 0. The fraction of sp³-hybridized carbons (Fsp3) is 0.125. The van der Waals surface area contributed by atoms with Gasteiger partial charge in [-0.25, -0.2) is 0 Å². The zero-order valence-corrected chi connectivity index (χ0v) is 12.6. The average Bonchev–Trinajstić information content (AvgIpc) is 2.53. The second-order valence-corrected chi connectivity index (χ2v) is 5.24. The zero-order chi connectivity index (χ0) is 15.5. The molecule has 0 saturated carbocycles. The highest BCUT2D eigenvalue weighted by atomic mass is 35.5. The predicted octanol–water partition coefficient (Wildman–Crippen LogP) is 3.51. The summed E-state index contributed by atoms with van der Waals surface area (Å²) < 4.78 is 5.33. The number of fused-ring (bicyclic) bond motifs is 1. The Kier molecular flexibility index (Phi) is 3.98. The summed E-state index contributed by atoms with van der Waals surface area (Å²) in [5.74, 6) is 0.503. The fourth-order valence-electron chi connectivity index (χ4n) is 2.07. The van der Waals surface area contributed by atoms with Gasteiger partial charge in [0.25, 0.3) is 5.91 Å². The molecule has 6 heteroatoms. The van der Waals surface area contributed by atoms with Crippen molar-refractivity contribution in [3.63, 3.8) is 0 Å². The lowest BCUT2D eigenvalue weighted by Crippen LogP contribution is -2.25. The van der Waals surface area contributed by atoms with Crippen molar-refractivity contribution in [3.8, 4) is 5.75 Å². The van der Waals surface area contributed by atoms with Gasteiger partial charge in [0.15, 0.2) is 6.61 Å². The second-order valence-electron chi connectivity index (χ2n) is 4.84. The molecule has 0 aromatic heterocycles. The smallest absolute Gasteiger partial charge is 0.262 e. The standard InChI is InChI=1S/C16H14ClN3O2/c1-10(19-20-13-5-3-2-4-12(13)17)11-6-7-15-14(8-11)18-16(21)9-22-15/h2-8,20H,9H2,1H3,(H,18,21)/b19-10-. The summed E-state index contributed by atoms with van der Waals surface area (Å²) in [6, 6.07) is 12.9. The van der Waals surface area contributed by atoms with E-state index in [-0.39, 0.29) is 12.5 Å². The Morgan fingerprint density at radius 1 is 1.32 bits per heavy atom. The predicted molar refractivity (Wildman–Crippen MR) is 87.9 cm³/mol. The van der Waals surface area contributed by atoms with E-state index in [0.717, 1.165) is 17.0 Å². The van der Waals surface area contributed by atoms with Crippen molar-refractivity contribution >= 4 is 34.6 Å². The summed E-state index contributed by atoms with van der Waals surface area (Å²) in [6.45, 7) is 1.92. The van der Waals surface area contributed by atoms with Gasteiger partial charge < -0.3 is 10.1 Å². The Bertz CT molecular complexity index is 759.